The molecular formula is C10H13N3O2. The van der Waals surface area contributed by atoms with Crippen LogP contribution in [0.5, 0.6) is 0 Å². The van der Waals surface area contributed by atoms with E-state index < -0.39 is 5.91 Å². The molecule has 80 valence electrons. The normalized spacial score (nSPS) is 9.67. The molecule has 0 saturated heterocycles. The fourth-order valence-electron chi connectivity index (χ4n) is 1.12. The Balaban J connectivity index is 2.73. The fraction of sp³-hybridized carbons (Fsp3) is 0.200. The third-order valence-electron chi connectivity index (χ3n) is 1.77. The molecule has 0 spiro atoms. The molecule has 0 fully saturated rings. The Morgan fingerprint density at radius 2 is 2.13 bits per heavy atom. The molecule has 4 N–H and O–H groups in total. The standard InChI is InChI=1S/C10H13N3O2/c1-12-6-9(14)13-8-4-2-3-7(5-8)10(11)15/h2-5,12H,6H2,1H3,(H2,11,15)(H,13,14). The Labute approximate surface area is 87.7 Å². The molecule has 0 heterocycles. The summed E-state index contributed by atoms with van der Waals surface area (Å²) in [5.74, 6) is -0.682. The fourth-order valence-corrected chi connectivity index (χ4v) is 1.12. The van der Waals surface area contributed by atoms with E-state index in [0.29, 0.717) is 11.3 Å². The number of hydrogen-bond acceptors (Lipinski definition) is 3. The van der Waals surface area contributed by atoms with Crippen LogP contribution in [-0.4, -0.2) is 25.4 Å². The van der Waals surface area contributed by atoms with Crippen LogP contribution in [0.3, 0.4) is 0 Å². The average Bonchev–Trinajstić information content (AvgIpc) is 2.18. The Morgan fingerprint density at radius 3 is 2.73 bits per heavy atom. The molecule has 1 aromatic carbocycles. The Hall–Kier alpha value is -1.88. The van der Waals surface area contributed by atoms with E-state index in [2.05, 4.69) is 10.6 Å². The van der Waals surface area contributed by atoms with Crippen molar-refractivity contribution in [3.63, 3.8) is 0 Å². The average molecular weight is 207 g/mol. The summed E-state index contributed by atoms with van der Waals surface area (Å²) < 4.78 is 0. The quantitative estimate of drug-likeness (QED) is 0.646. The number of carbonyl (C=O) groups is 2. The van der Waals surface area contributed by atoms with Gasteiger partial charge in [-0.3, -0.25) is 9.59 Å². The van der Waals surface area contributed by atoms with E-state index in [1.807, 2.05) is 0 Å². The molecule has 2 amide bonds. The lowest BCUT2D eigenvalue weighted by Gasteiger charge is -2.05. The molecule has 0 aliphatic rings. The van der Waals surface area contributed by atoms with Gasteiger partial charge in [-0.15, -0.1) is 0 Å². The summed E-state index contributed by atoms with van der Waals surface area (Å²) in [5.41, 5.74) is 6.04. The lowest BCUT2D eigenvalue weighted by molar-refractivity contribution is -0.115. The number of nitrogens with two attached hydrogens (primary N) is 1. The zero-order valence-electron chi connectivity index (χ0n) is 8.41. The van der Waals surface area contributed by atoms with Gasteiger partial charge in [0.05, 0.1) is 6.54 Å². The van der Waals surface area contributed by atoms with E-state index >= 15 is 0 Å². The molecule has 0 radical (unpaired) electrons. The summed E-state index contributed by atoms with van der Waals surface area (Å²) in [6, 6.07) is 6.49. The lowest BCUT2D eigenvalue weighted by atomic mass is 10.2. The summed E-state index contributed by atoms with van der Waals surface area (Å²) in [5, 5.41) is 5.35. The van der Waals surface area contributed by atoms with Gasteiger partial charge in [-0.25, -0.2) is 0 Å². The van der Waals surface area contributed by atoms with Crippen LogP contribution in [0.25, 0.3) is 0 Å². The summed E-state index contributed by atoms with van der Waals surface area (Å²) in [6.45, 7) is 0.223. The van der Waals surface area contributed by atoms with Gasteiger partial charge in [-0.1, -0.05) is 6.07 Å². The van der Waals surface area contributed by atoms with Crippen LogP contribution in [0.1, 0.15) is 10.4 Å². The first-order valence-electron chi connectivity index (χ1n) is 4.48. The van der Waals surface area contributed by atoms with Gasteiger partial charge in [0.2, 0.25) is 11.8 Å². The SMILES string of the molecule is CNCC(=O)Nc1cccc(C(N)=O)c1. The molecule has 1 rings (SSSR count). The van der Waals surface area contributed by atoms with Crippen molar-refractivity contribution in [2.75, 3.05) is 18.9 Å². The van der Waals surface area contributed by atoms with Crippen LogP contribution in [0.2, 0.25) is 0 Å². The first-order chi connectivity index (χ1) is 7.13. The van der Waals surface area contributed by atoms with Crippen molar-refractivity contribution >= 4 is 17.5 Å². The van der Waals surface area contributed by atoms with E-state index in [0.717, 1.165) is 0 Å². The van der Waals surface area contributed by atoms with Crippen LogP contribution in [0, 0.1) is 0 Å². The van der Waals surface area contributed by atoms with Crippen LogP contribution in [-0.2, 0) is 4.79 Å². The molecular weight excluding hydrogens is 194 g/mol. The number of hydrogen-bond donors (Lipinski definition) is 3. The molecule has 0 aliphatic heterocycles. The molecule has 5 heteroatoms. The number of amides is 2. The second-order valence-electron chi connectivity index (χ2n) is 3.02. The van der Waals surface area contributed by atoms with Gasteiger partial charge >= 0.3 is 0 Å². The van der Waals surface area contributed by atoms with Gasteiger partial charge in [-0.05, 0) is 25.2 Å². The number of carbonyl (C=O) groups excluding carboxylic acids is 2. The first kappa shape index (κ1) is 11.2. The zero-order valence-corrected chi connectivity index (χ0v) is 8.41. The van der Waals surface area contributed by atoms with Gasteiger partial charge in [0.25, 0.3) is 0 Å². The van der Waals surface area contributed by atoms with Crippen LogP contribution in [0.4, 0.5) is 5.69 Å². The van der Waals surface area contributed by atoms with Crippen molar-refractivity contribution in [1.29, 1.82) is 0 Å². The van der Waals surface area contributed by atoms with E-state index in [4.69, 9.17) is 5.73 Å². The highest BCUT2D eigenvalue weighted by Crippen LogP contribution is 2.09. The topological polar surface area (TPSA) is 84.2 Å². The molecule has 0 bridgehead atoms. The summed E-state index contributed by atoms with van der Waals surface area (Å²) in [7, 11) is 1.68. The van der Waals surface area contributed by atoms with E-state index in [1.165, 1.54) is 6.07 Å². The highest BCUT2D eigenvalue weighted by Gasteiger charge is 2.03. The molecule has 0 aliphatic carbocycles. The van der Waals surface area contributed by atoms with E-state index in [9.17, 15) is 9.59 Å². The van der Waals surface area contributed by atoms with Gasteiger partial charge in [0.15, 0.2) is 0 Å². The Morgan fingerprint density at radius 1 is 1.40 bits per heavy atom. The van der Waals surface area contributed by atoms with Crippen LogP contribution >= 0.6 is 0 Å². The number of nitrogens with one attached hydrogen (secondary N) is 2. The Kier molecular flexibility index (Phi) is 3.82. The molecule has 0 aromatic heterocycles. The minimum absolute atomic E-state index is 0.167. The Bertz CT molecular complexity index is 377. The van der Waals surface area contributed by atoms with Crippen LogP contribution < -0.4 is 16.4 Å². The van der Waals surface area contributed by atoms with E-state index in [1.54, 1.807) is 25.2 Å². The third-order valence-corrected chi connectivity index (χ3v) is 1.77. The van der Waals surface area contributed by atoms with Crippen molar-refractivity contribution in [1.82, 2.24) is 5.32 Å². The van der Waals surface area contributed by atoms with Crippen molar-refractivity contribution in [3.8, 4) is 0 Å². The number of primary amides is 1. The minimum atomic E-state index is -0.514. The number of anilines is 1. The molecule has 15 heavy (non-hydrogen) atoms. The first-order valence-corrected chi connectivity index (χ1v) is 4.48. The third kappa shape index (κ3) is 3.40. The summed E-state index contributed by atoms with van der Waals surface area (Å²) >= 11 is 0. The maximum Gasteiger partial charge on any atom is 0.248 e. The molecule has 5 nitrogen and oxygen atoms in total. The maximum absolute atomic E-state index is 11.2. The minimum Gasteiger partial charge on any atom is -0.366 e. The molecule has 0 atom stereocenters. The largest absolute Gasteiger partial charge is 0.366 e. The molecule has 1 aromatic rings. The predicted octanol–water partition coefficient (Wildman–Crippen LogP) is -0.0566. The van der Waals surface area contributed by atoms with Crippen LogP contribution in [0.15, 0.2) is 24.3 Å². The zero-order chi connectivity index (χ0) is 11.3. The molecule has 0 unspecified atom stereocenters. The van der Waals surface area contributed by atoms with Crippen molar-refractivity contribution < 1.29 is 9.59 Å². The lowest BCUT2D eigenvalue weighted by Crippen LogP contribution is -2.25. The van der Waals surface area contributed by atoms with Crippen molar-refractivity contribution in [3.05, 3.63) is 29.8 Å². The maximum atomic E-state index is 11.2. The van der Waals surface area contributed by atoms with Gasteiger partial charge < -0.3 is 16.4 Å². The number of rotatable bonds is 4. The molecule has 0 saturated carbocycles. The smallest absolute Gasteiger partial charge is 0.248 e. The summed E-state index contributed by atoms with van der Waals surface area (Å²) in [6.07, 6.45) is 0. The monoisotopic (exact) mass is 207 g/mol. The number of benzene rings is 1. The summed E-state index contributed by atoms with van der Waals surface area (Å²) in [4.78, 5) is 22.1. The highest BCUT2D eigenvalue weighted by atomic mass is 16.2. The second kappa shape index (κ2) is 5.11. The van der Waals surface area contributed by atoms with Gasteiger partial charge in [0.1, 0.15) is 0 Å². The predicted molar refractivity (Wildman–Crippen MR) is 57.5 cm³/mol. The van der Waals surface area contributed by atoms with Gasteiger partial charge in [0, 0.05) is 11.3 Å². The number of likely N-dealkylation sites (N-methyl/N-ethyl adjacent to an activating group) is 1. The van der Waals surface area contributed by atoms with Gasteiger partial charge in [-0.2, -0.15) is 0 Å². The second-order valence-corrected chi connectivity index (χ2v) is 3.02. The van der Waals surface area contributed by atoms with Crippen molar-refractivity contribution in [2.24, 2.45) is 5.73 Å². The van der Waals surface area contributed by atoms with Crippen molar-refractivity contribution in [2.45, 2.75) is 0 Å². The van der Waals surface area contributed by atoms with E-state index in [-0.39, 0.29) is 12.5 Å². The highest BCUT2D eigenvalue weighted by molar-refractivity contribution is 5.96.